The Kier molecular flexibility index (Phi) is 6.32. The number of ether oxygens (including phenoxy) is 2. The minimum atomic E-state index is -0.304. The van der Waals surface area contributed by atoms with E-state index in [1.807, 2.05) is 13.8 Å². The second kappa shape index (κ2) is 7.53. The molecule has 0 saturated heterocycles. The summed E-state index contributed by atoms with van der Waals surface area (Å²) in [5, 5.41) is 0. The summed E-state index contributed by atoms with van der Waals surface area (Å²) >= 11 is 1.36. The Hall–Kier alpha value is -0.780. The first kappa shape index (κ1) is 14.3. The molecule has 0 bridgehead atoms. The summed E-state index contributed by atoms with van der Waals surface area (Å²) in [5.74, 6) is 0.254. The molecule has 0 spiro atoms. The van der Waals surface area contributed by atoms with Crippen LogP contribution in [0.1, 0.15) is 13.8 Å². The van der Waals surface area contributed by atoms with E-state index in [0.29, 0.717) is 29.5 Å². The van der Waals surface area contributed by atoms with Crippen LogP contribution in [0.4, 0.5) is 10.1 Å². The molecule has 0 fully saturated rings. The third-order valence-electron chi connectivity index (χ3n) is 2.04. The van der Waals surface area contributed by atoms with Crippen LogP contribution in [0.2, 0.25) is 0 Å². The van der Waals surface area contributed by atoms with Gasteiger partial charge in [-0.05, 0) is 32.0 Å². The first-order valence-corrected chi connectivity index (χ1v) is 6.57. The van der Waals surface area contributed by atoms with Gasteiger partial charge in [-0.2, -0.15) is 0 Å². The van der Waals surface area contributed by atoms with Gasteiger partial charge >= 0.3 is 0 Å². The molecule has 0 radical (unpaired) electrons. The van der Waals surface area contributed by atoms with Crippen molar-refractivity contribution in [2.75, 3.05) is 24.7 Å². The van der Waals surface area contributed by atoms with E-state index < -0.39 is 0 Å². The summed E-state index contributed by atoms with van der Waals surface area (Å²) in [6.45, 7) is 4.96. The van der Waals surface area contributed by atoms with Crippen LogP contribution in [-0.2, 0) is 9.47 Å². The Morgan fingerprint density at radius 3 is 2.47 bits per heavy atom. The molecule has 1 aromatic rings. The fourth-order valence-corrected chi connectivity index (χ4v) is 2.18. The van der Waals surface area contributed by atoms with Gasteiger partial charge < -0.3 is 15.2 Å². The molecule has 0 heterocycles. The van der Waals surface area contributed by atoms with Crippen LogP contribution < -0.4 is 5.73 Å². The molecule has 0 aliphatic heterocycles. The second-order valence-electron chi connectivity index (χ2n) is 3.34. The van der Waals surface area contributed by atoms with Crippen molar-refractivity contribution in [2.24, 2.45) is 0 Å². The molecule has 0 atom stereocenters. The Morgan fingerprint density at radius 1 is 1.29 bits per heavy atom. The predicted octanol–water partition coefficient (Wildman–Crippen LogP) is 2.90. The first-order chi connectivity index (χ1) is 8.17. The maximum Gasteiger partial charge on any atom is 0.166 e. The minimum absolute atomic E-state index is 0.299. The summed E-state index contributed by atoms with van der Waals surface area (Å²) in [7, 11) is 0. The molecule has 5 heteroatoms. The molecule has 96 valence electrons. The van der Waals surface area contributed by atoms with Crippen LogP contribution in [0.15, 0.2) is 23.1 Å². The van der Waals surface area contributed by atoms with Gasteiger partial charge in [-0.3, -0.25) is 0 Å². The van der Waals surface area contributed by atoms with E-state index in [1.165, 1.54) is 17.8 Å². The lowest BCUT2D eigenvalue weighted by molar-refractivity contribution is -0.120. The third-order valence-corrected chi connectivity index (χ3v) is 3.12. The number of hydrogen-bond donors (Lipinski definition) is 1. The molecule has 0 aliphatic carbocycles. The number of nitrogen functional groups attached to an aromatic ring is 1. The number of thioether (sulfide) groups is 1. The van der Waals surface area contributed by atoms with E-state index in [-0.39, 0.29) is 12.1 Å². The molecule has 1 rings (SSSR count). The van der Waals surface area contributed by atoms with E-state index >= 15 is 0 Å². The van der Waals surface area contributed by atoms with Crippen LogP contribution in [0.5, 0.6) is 0 Å². The lowest BCUT2D eigenvalue weighted by atomic mass is 10.3. The maximum atomic E-state index is 13.5. The number of halogens is 1. The average molecular weight is 259 g/mol. The maximum absolute atomic E-state index is 13.5. The van der Waals surface area contributed by atoms with E-state index in [4.69, 9.17) is 15.2 Å². The van der Waals surface area contributed by atoms with Gasteiger partial charge in [0, 0.05) is 29.5 Å². The average Bonchev–Trinajstić information content (AvgIpc) is 2.28. The molecular weight excluding hydrogens is 241 g/mol. The summed E-state index contributed by atoms with van der Waals surface area (Å²) in [4.78, 5) is 0.559. The number of nitrogens with two attached hydrogens (primary N) is 1. The fourth-order valence-electron chi connectivity index (χ4n) is 1.31. The van der Waals surface area contributed by atoms with Crippen LogP contribution in [0.3, 0.4) is 0 Å². The summed E-state index contributed by atoms with van der Waals surface area (Å²) in [6.07, 6.45) is -0.299. The monoisotopic (exact) mass is 259 g/mol. The van der Waals surface area contributed by atoms with Gasteiger partial charge in [0.1, 0.15) is 5.82 Å². The third kappa shape index (κ3) is 4.93. The SMILES string of the molecule is CCOC(CSc1ccc(N)cc1F)OCC. The molecular formula is C12H18FNO2S. The zero-order chi connectivity index (χ0) is 12.7. The van der Waals surface area contributed by atoms with Crippen molar-refractivity contribution in [3.8, 4) is 0 Å². The van der Waals surface area contributed by atoms with E-state index in [1.54, 1.807) is 12.1 Å². The van der Waals surface area contributed by atoms with Crippen LogP contribution in [-0.4, -0.2) is 25.3 Å². The van der Waals surface area contributed by atoms with Crippen molar-refractivity contribution < 1.29 is 13.9 Å². The molecule has 0 unspecified atom stereocenters. The lowest BCUT2D eigenvalue weighted by Crippen LogP contribution is -2.20. The molecule has 1 aromatic carbocycles. The topological polar surface area (TPSA) is 44.5 Å². The van der Waals surface area contributed by atoms with Crippen molar-refractivity contribution in [3.63, 3.8) is 0 Å². The Morgan fingerprint density at radius 2 is 1.94 bits per heavy atom. The van der Waals surface area contributed by atoms with E-state index in [2.05, 4.69) is 0 Å². The number of rotatable bonds is 7. The number of hydrogen-bond acceptors (Lipinski definition) is 4. The number of benzene rings is 1. The van der Waals surface area contributed by atoms with Gasteiger partial charge in [-0.25, -0.2) is 4.39 Å². The molecule has 0 aromatic heterocycles. The zero-order valence-corrected chi connectivity index (χ0v) is 10.9. The molecule has 2 N–H and O–H groups in total. The molecule has 0 saturated carbocycles. The molecule has 3 nitrogen and oxygen atoms in total. The summed E-state index contributed by atoms with van der Waals surface area (Å²) < 4.78 is 24.2. The molecule has 0 aliphatic rings. The Balaban J connectivity index is 2.52. The smallest absolute Gasteiger partial charge is 0.166 e. The number of anilines is 1. The van der Waals surface area contributed by atoms with Crippen LogP contribution in [0.25, 0.3) is 0 Å². The highest BCUT2D eigenvalue weighted by atomic mass is 32.2. The first-order valence-electron chi connectivity index (χ1n) is 5.58. The standard InChI is InChI=1S/C12H18FNO2S/c1-3-15-12(16-4-2)8-17-11-6-5-9(14)7-10(11)13/h5-7,12H,3-4,8,14H2,1-2H3. The van der Waals surface area contributed by atoms with Gasteiger partial charge in [-0.15, -0.1) is 11.8 Å². The summed E-state index contributed by atoms with van der Waals surface area (Å²) in [5.41, 5.74) is 5.91. The minimum Gasteiger partial charge on any atom is -0.399 e. The zero-order valence-electron chi connectivity index (χ0n) is 10.1. The van der Waals surface area contributed by atoms with Crippen molar-refractivity contribution in [3.05, 3.63) is 24.0 Å². The van der Waals surface area contributed by atoms with Gasteiger partial charge in [0.15, 0.2) is 6.29 Å². The highest BCUT2D eigenvalue weighted by Gasteiger charge is 2.10. The molecule has 17 heavy (non-hydrogen) atoms. The Labute approximate surface area is 105 Å². The quantitative estimate of drug-likeness (QED) is 0.464. The summed E-state index contributed by atoms with van der Waals surface area (Å²) in [6, 6.07) is 4.67. The van der Waals surface area contributed by atoms with Gasteiger partial charge in [0.25, 0.3) is 0 Å². The normalized spacial score (nSPS) is 11.1. The van der Waals surface area contributed by atoms with E-state index in [9.17, 15) is 4.39 Å². The van der Waals surface area contributed by atoms with Gasteiger partial charge in [0.2, 0.25) is 0 Å². The fraction of sp³-hybridized carbons (Fsp3) is 0.500. The molecule has 0 amide bonds. The lowest BCUT2D eigenvalue weighted by Gasteiger charge is -2.16. The predicted molar refractivity (Wildman–Crippen MR) is 68.6 cm³/mol. The Bertz CT molecular complexity index is 343. The van der Waals surface area contributed by atoms with Crippen molar-refractivity contribution >= 4 is 17.4 Å². The second-order valence-corrected chi connectivity index (χ2v) is 4.40. The van der Waals surface area contributed by atoms with Gasteiger partial charge in [0.05, 0.1) is 0 Å². The van der Waals surface area contributed by atoms with Gasteiger partial charge in [-0.1, -0.05) is 0 Å². The van der Waals surface area contributed by atoms with Crippen molar-refractivity contribution in [1.29, 1.82) is 0 Å². The largest absolute Gasteiger partial charge is 0.399 e. The van der Waals surface area contributed by atoms with Crippen LogP contribution in [0, 0.1) is 5.82 Å². The van der Waals surface area contributed by atoms with Crippen molar-refractivity contribution in [1.82, 2.24) is 0 Å². The van der Waals surface area contributed by atoms with E-state index in [0.717, 1.165) is 0 Å². The van der Waals surface area contributed by atoms with Crippen molar-refractivity contribution in [2.45, 2.75) is 25.0 Å². The highest BCUT2D eigenvalue weighted by molar-refractivity contribution is 7.99. The van der Waals surface area contributed by atoms with Crippen LogP contribution >= 0.6 is 11.8 Å². The highest BCUT2D eigenvalue weighted by Crippen LogP contribution is 2.24.